The Kier molecular flexibility index (Phi) is 4.21. The minimum atomic E-state index is -6.48. The summed E-state index contributed by atoms with van der Waals surface area (Å²) in [6.45, 7) is 0. The molecule has 1 saturated heterocycles. The predicted octanol–water partition coefficient (Wildman–Crippen LogP) is 3.82. The van der Waals surface area contributed by atoms with Gasteiger partial charge in [-0.15, -0.1) is 0 Å². The van der Waals surface area contributed by atoms with Crippen LogP contribution < -0.4 is 0 Å². The van der Waals surface area contributed by atoms with Gasteiger partial charge < -0.3 is 4.74 Å². The third-order valence-corrected chi connectivity index (χ3v) is 2.90. The van der Waals surface area contributed by atoms with Crippen LogP contribution in [0.2, 0.25) is 0 Å². The highest BCUT2D eigenvalue weighted by atomic mass is 35.5. The SMILES string of the molecule is O=C1CCC(CC(F)(F)C(F)(F)C(F)(F)C(F)(F)Cl)O1. The highest BCUT2D eigenvalue weighted by Crippen LogP contribution is 2.55. The lowest BCUT2D eigenvalue weighted by molar-refractivity contribution is -0.351. The van der Waals surface area contributed by atoms with Crippen molar-refractivity contribution in [3.05, 3.63) is 0 Å². The monoisotopic (exact) mass is 334 g/mol. The largest absolute Gasteiger partial charge is 0.462 e. The van der Waals surface area contributed by atoms with Crippen molar-refractivity contribution in [1.82, 2.24) is 0 Å². The molecule has 0 aromatic carbocycles. The van der Waals surface area contributed by atoms with Crippen molar-refractivity contribution in [3.63, 3.8) is 0 Å². The second-order valence-corrected chi connectivity index (χ2v) is 4.68. The van der Waals surface area contributed by atoms with E-state index in [1.54, 1.807) is 0 Å². The standard InChI is InChI=1S/C9H7ClF8O2/c10-9(17,18)8(15,16)7(13,14)6(11,12)3-4-1-2-5(19)20-4/h4H,1-3H2. The first-order chi connectivity index (χ1) is 8.72. The quantitative estimate of drug-likeness (QED) is 0.434. The fourth-order valence-corrected chi connectivity index (χ4v) is 1.67. The predicted molar refractivity (Wildman–Crippen MR) is 49.4 cm³/mol. The molecule has 0 aliphatic carbocycles. The first-order valence-electron chi connectivity index (χ1n) is 5.12. The van der Waals surface area contributed by atoms with Gasteiger partial charge in [0.2, 0.25) is 0 Å². The number of halogens is 9. The van der Waals surface area contributed by atoms with E-state index in [4.69, 9.17) is 0 Å². The minimum Gasteiger partial charge on any atom is -0.462 e. The highest BCUT2D eigenvalue weighted by Gasteiger charge is 2.80. The molecule has 11 heteroatoms. The number of cyclic esters (lactones) is 1. The van der Waals surface area contributed by atoms with E-state index in [1.165, 1.54) is 0 Å². The van der Waals surface area contributed by atoms with Gasteiger partial charge in [-0.25, -0.2) is 0 Å². The van der Waals surface area contributed by atoms with Gasteiger partial charge in [0.15, 0.2) is 0 Å². The van der Waals surface area contributed by atoms with Gasteiger partial charge >= 0.3 is 29.1 Å². The first kappa shape index (κ1) is 17.3. The van der Waals surface area contributed by atoms with Gasteiger partial charge in [-0.2, -0.15) is 35.1 Å². The maximum Gasteiger partial charge on any atom is 0.392 e. The normalized spacial score (nSPS) is 22.1. The molecule has 1 fully saturated rings. The number of rotatable bonds is 5. The van der Waals surface area contributed by atoms with E-state index in [2.05, 4.69) is 16.3 Å². The maximum absolute atomic E-state index is 13.2. The van der Waals surface area contributed by atoms with Crippen molar-refractivity contribution in [2.75, 3.05) is 0 Å². The second-order valence-electron chi connectivity index (χ2n) is 4.21. The Balaban J connectivity index is 2.97. The second kappa shape index (κ2) is 4.88. The van der Waals surface area contributed by atoms with Crippen molar-refractivity contribution in [2.45, 2.75) is 48.5 Å². The zero-order valence-electron chi connectivity index (χ0n) is 9.42. The van der Waals surface area contributed by atoms with Crippen molar-refractivity contribution < 1.29 is 44.7 Å². The summed E-state index contributed by atoms with van der Waals surface area (Å²) in [6, 6.07) is 0. The molecule has 0 N–H and O–H groups in total. The van der Waals surface area contributed by atoms with Crippen LogP contribution >= 0.6 is 11.6 Å². The van der Waals surface area contributed by atoms with E-state index in [-0.39, 0.29) is 6.42 Å². The number of alkyl halides is 9. The molecule has 20 heavy (non-hydrogen) atoms. The van der Waals surface area contributed by atoms with Crippen LogP contribution in [-0.4, -0.2) is 35.2 Å². The molecule has 0 saturated carbocycles. The summed E-state index contributed by atoms with van der Waals surface area (Å²) in [7, 11) is 0. The molecule has 1 aliphatic heterocycles. The lowest BCUT2D eigenvalue weighted by Gasteiger charge is -2.35. The van der Waals surface area contributed by atoms with Gasteiger partial charge in [-0.05, 0) is 18.0 Å². The molecule has 0 aromatic rings. The first-order valence-corrected chi connectivity index (χ1v) is 5.50. The molecule has 1 atom stereocenters. The fraction of sp³-hybridized carbons (Fsp3) is 0.889. The summed E-state index contributed by atoms with van der Waals surface area (Å²) in [4.78, 5) is 10.6. The van der Waals surface area contributed by atoms with Gasteiger partial charge in [0.05, 0.1) is 6.42 Å². The van der Waals surface area contributed by atoms with Crippen molar-refractivity contribution >= 4 is 17.6 Å². The van der Waals surface area contributed by atoms with Crippen LogP contribution in [0, 0.1) is 0 Å². The maximum atomic E-state index is 13.2. The van der Waals surface area contributed by atoms with Gasteiger partial charge in [0.1, 0.15) is 6.10 Å². The molecular formula is C9H7ClF8O2. The summed E-state index contributed by atoms with van der Waals surface area (Å²) in [5.74, 6) is -19.4. The third kappa shape index (κ3) is 2.79. The van der Waals surface area contributed by atoms with Gasteiger partial charge in [-0.3, -0.25) is 4.79 Å². The molecule has 0 amide bonds. The van der Waals surface area contributed by atoms with Crippen LogP contribution in [-0.2, 0) is 9.53 Å². The highest BCUT2D eigenvalue weighted by molar-refractivity contribution is 6.22. The fourth-order valence-electron chi connectivity index (χ4n) is 1.55. The van der Waals surface area contributed by atoms with E-state index in [1.807, 2.05) is 0 Å². The number of esters is 1. The topological polar surface area (TPSA) is 26.3 Å². The van der Waals surface area contributed by atoms with Crippen molar-refractivity contribution in [1.29, 1.82) is 0 Å². The average Bonchev–Trinajstić information content (AvgIpc) is 2.60. The number of hydrogen-bond acceptors (Lipinski definition) is 2. The number of carbonyl (C=O) groups excluding carboxylic acids is 1. The van der Waals surface area contributed by atoms with Crippen LogP contribution in [0.15, 0.2) is 0 Å². The lowest BCUT2D eigenvalue weighted by Crippen LogP contribution is -2.61. The molecule has 0 spiro atoms. The Bertz CT molecular complexity index is 392. The molecule has 0 aromatic heterocycles. The van der Waals surface area contributed by atoms with E-state index in [9.17, 15) is 39.9 Å². The average molecular weight is 335 g/mol. The summed E-state index contributed by atoms with van der Waals surface area (Å²) in [5.41, 5.74) is 0. The van der Waals surface area contributed by atoms with Crippen LogP contribution in [0.3, 0.4) is 0 Å². The molecule has 2 nitrogen and oxygen atoms in total. The van der Waals surface area contributed by atoms with E-state index in [0.717, 1.165) is 0 Å². The van der Waals surface area contributed by atoms with Crippen LogP contribution in [0.25, 0.3) is 0 Å². The zero-order chi connectivity index (χ0) is 16.0. The summed E-state index contributed by atoms with van der Waals surface area (Å²) in [6.07, 6.45) is -4.50. The third-order valence-electron chi connectivity index (χ3n) is 2.66. The zero-order valence-corrected chi connectivity index (χ0v) is 10.2. The van der Waals surface area contributed by atoms with Crippen LogP contribution in [0.5, 0.6) is 0 Å². The molecule has 118 valence electrons. The van der Waals surface area contributed by atoms with Crippen molar-refractivity contribution in [3.8, 4) is 0 Å². The smallest absolute Gasteiger partial charge is 0.392 e. The molecule has 1 unspecified atom stereocenters. The minimum absolute atomic E-state index is 0.353. The van der Waals surface area contributed by atoms with E-state index < -0.39 is 48.1 Å². The Morgan fingerprint density at radius 1 is 1.05 bits per heavy atom. The Morgan fingerprint density at radius 2 is 1.55 bits per heavy atom. The lowest BCUT2D eigenvalue weighted by atomic mass is 9.98. The Hall–Kier alpha value is -0.800. The molecule has 1 rings (SSSR count). The number of carbonyl (C=O) groups is 1. The number of ether oxygens (including phenoxy) is 1. The van der Waals surface area contributed by atoms with E-state index >= 15 is 0 Å². The Morgan fingerprint density at radius 3 is 1.90 bits per heavy atom. The van der Waals surface area contributed by atoms with Crippen LogP contribution in [0.1, 0.15) is 19.3 Å². The molecule has 1 heterocycles. The van der Waals surface area contributed by atoms with Crippen molar-refractivity contribution in [2.24, 2.45) is 0 Å². The Labute approximate surface area is 112 Å². The molecule has 0 bridgehead atoms. The van der Waals surface area contributed by atoms with E-state index in [0.29, 0.717) is 0 Å². The summed E-state index contributed by atoms with van der Waals surface area (Å²) >= 11 is 3.77. The number of hydrogen-bond donors (Lipinski definition) is 0. The van der Waals surface area contributed by atoms with Gasteiger partial charge in [0, 0.05) is 6.42 Å². The van der Waals surface area contributed by atoms with Crippen LogP contribution in [0.4, 0.5) is 35.1 Å². The summed E-state index contributed by atoms with van der Waals surface area (Å²) in [5, 5.41) is -5.87. The summed E-state index contributed by atoms with van der Waals surface area (Å²) < 4.78 is 107. The molecule has 1 aliphatic rings. The van der Waals surface area contributed by atoms with Gasteiger partial charge in [-0.1, -0.05) is 0 Å². The molecular weight excluding hydrogens is 328 g/mol. The van der Waals surface area contributed by atoms with Gasteiger partial charge in [0.25, 0.3) is 0 Å². The molecule has 0 radical (unpaired) electrons.